The third kappa shape index (κ3) is 6.43. The molecule has 2 rings (SSSR count). The standard InChI is InChI=1S/C20H30BrNO4Si/c1-20(2,3)26-18(23)12-22-17(13-25-9-10-27(4,5)6)15-8-7-14(21)11-16(15)19(22)24/h7-8,11,17H,9-10,12-13H2,1-6H3. The second kappa shape index (κ2) is 8.45. The molecule has 27 heavy (non-hydrogen) atoms. The molecule has 0 saturated carbocycles. The van der Waals surface area contributed by atoms with Crippen LogP contribution in [0.15, 0.2) is 22.7 Å². The van der Waals surface area contributed by atoms with Crippen molar-refractivity contribution in [1.29, 1.82) is 0 Å². The summed E-state index contributed by atoms with van der Waals surface area (Å²) in [5.41, 5.74) is 0.936. The van der Waals surface area contributed by atoms with E-state index >= 15 is 0 Å². The average molecular weight is 456 g/mol. The Kier molecular flexibility index (Phi) is 6.92. The summed E-state index contributed by atoms with van der Waals surface area (Å²) in [6.07, 6.45) is 0. The van der Waals surface area contributed by atoms with Crippen LogP contribution >= 0.6 is 15.9 Å². The highest BCUT2D eigenvalue weighted by Gasteiger charge is 2.38. The third-order valence-electron chi connectivity index (χ3n) is 4.23. The number of ether oxygens (including phenoxy) is 2. The summed E-state index contributed by atoms with van der Waals surface area (Å²) < 4.78 is 12.2. The minimum atomic E-state index is -1.18. The Morgan fingerprint density at radius 3 is 2.52 bits per heavy atom. The smallest absolute Gasteiger partial charge is 0.326 e. The maximum absolute atomic E-state index is 12.9. The maximum atomic E-state index is 12.9. The monoisotopic (exact) mass is 455 g/mol. The molecule has 0 spiro atoms. The second-order valence-corrected chi connectivity index (χ2v) is 15.7. The first-order chi connectivity index (χ1) is 12.4. The van der Waals surface area contributed by atoms with Crippen molar-refractivity contribution >= 4 is 35.9 Å². The zero-order chi connectivity index (χ0) is 20.4. The topological polar surface area (TPSA) is 55.8 Å². The highest BCUT2D eigenvalue weighted by molar-refractivity contribution is 9.10. The predicted molar refractivity (Wildman–Crippen MR) is 113 cm³/mol. The number of nitrogens with zero attached hydrogens (tertiary/aromatic N) is 1. The summed E-state index contributed by atoms with van der Waals surface area (Å²) in [7, 11) is -1.18. The predicted octanol–water partition coefficient (Wildman–Crippen LogP) is 4.64. The summed E-state index contributed by atoms with van der Waals surface area (Å²) >= 11 is 3.42. The number of fused-ring (bicyclic) bond motifs is 1. The molecule has 0 N–H and O–H groups in total. The number of carbonyl (C=O) groups is 2. The molecular formula is C20H30BrNO4Si. The van der Waals surface area contributed by atoms with Crippen LogP contribution in [0.25, 0.3) is 0 Å². The van der Waals surface area contributed by atoms with E-state index in [1.165, 1.54) is 0 Å². The van der Waals surface area contributed by atoms with Crippen molar-refractivity contribution in [3.8, 4) is 0 Å². The van der Waals surface area contributed by atoms with Crippen LogP contribution in [0.1, 0.15) is 42.7 Å². The van der Waals surface area contributed by atoms with Gasteiger partial charge in [-0.3, -0.25) is 9.59 Å². The van der Waals surface area contributed by atoms with Crippen molar-refractivity contribution in [2.24, 2.45) is 0 Å². The molecule has 1 aliphatic heterocycles. The molecule has 1 heterocycles. The van der Waals surface area contributed by atoms with Crippen molar-refractivity contribution in [3.05, 3.63) is 33.8 Å². The van der Waals surface area contributed by atoms with Crippen LogP contribution in [-0.2, 0) is 14.3 Å². The first-order valence-electron chi connectivity index (χ1n) is 9.27. The molecule has 1 aromatic carbocycles. The fourth-order valence-corrected chi connectivity index (χ4v) is 4.03. The summed E-state index contributed by atoms with van der Waals surface area (Å²) in [4.78, 5) is 26.8. The molecule has 1 unspecified atom stereocenters. The molecule has 150 valence electrons. The van der Waals surface area contributed by atoms with Gasteiger partial charge < -0.3 is 14.4 Å². The van der Waals surface area contributed by atoms with Crippen molar-refractivity contribution in [3.63, 3.8) is 0 Å². The van der Waals surface area contributed by atoms with E-state index < -0.39 is 19.6 Å². The number of carbonyl (C=O) groups excluding carboxylic acids is 2. The lowest BCUT2D eigenvalue weighted by atomic mass is 10.1. The molecule has 0 aliphatic carbocycles. The van der Waals surface area contributed by atoms with Gasteiger partial charge >= 0.3 is 5.97 Å². The maximum Gasteiger partial charge on any atom is 0.326 e. The number of esters is 1. The molecule has 5 nitrogen and oxygen atoms in total. The molecular weight excluding hydrogens is 426 g/mol. The number of rotatable bonds is 7. The van der Waals surface area contributed by atoms with Gasteiger partial charge in [-0.25, -0.2) is 0 Å². The number of hydrogen-bond acceptors (Lipinski definition) is 4. The highest BCUT2D eigenvalue weighted by atomic mass is 79.9. The molecule has 7 heteroatoms. The van der Waals surface area contributed by atoms with Gasteiger partial charge in [0.05, 0.1) is 12.6 Å². The van der Waals surface area contributed by atoms with Gasteiger partial charge in [-0.05, 0) is 44.5 Å². The fourth-order valence-electron chi connectivity index (χ4n) is 2.92. The van der Waals surface area contributed by atoms with E-state index in [1.54, 1.807) is 4.90 Å². The van der Waals surface area contributed by atoms with E-state index in [-0.39, 0.29) is 18.5 Å². The van der Waals surface area contributed by atoms with Gasteiger partial charge in [-0.15, -0.1) is 0 Å². The average Bonchev–Trinajstić information content (AvgIpc) is 2.73. The van der Waals surface area contributed by atoms with Gasteiger partial charge in [0.1, 0.15) is 12.1 Å². The summed E-state index contributed by atoms with van der Waals surface area (Å²) in [5, 5.41) is 0. The van der Waals surface area contributed by atoms with E-state index in [0.717, 1.165) is 16.1 Å². The third-order valence-corrected chi connectivity index (χ3v) is 6.43. The molecule has 1 aromatic rings. The van der Waals surface area contributed by atoms with E-state index in [9.17, 15) is 9.59 Å². The SMILES string of the molecule is CC(C)(C)OC(=O)CN1C(=O)c2cc(Br)ccc2C1COCC[Si](C)(C)C. The van der Waals surface area contributed by atoms with E-state index in [4.69, 9.17) is 9.47 Å². The Bertz CT molecular complexity index is 709. The number of amides is 1. The summed E-state index contributed by atoms with van der Waals surface area (Å²) in [6.45, 7) is 13.3. The molecule has 0 aromatic heterocycles. The quantitative estimate of drug-likeness (QED) is 0.341. The lowest BCUT2D eigenvalue weighted by molar-refractivity contribution is -0.156. The highest BCUT2D eigenvalue weighted by Crippen LogP contribution is 2.35. The zero-order valence-corrected chi connectivity index (χ0v) is 19.7. The van der Waals surface area contributed by atoms with Crippen LogP contribution in [0, 0.1) is 0 Å². The van der Waals surface area contributed by atoms with Gasteiger partial charge in [-0.2, -0.15) is 0 Å². The lowest BCUT2D eigenvalue weighted by Gasteiger charge is -2.27. The van der Waals surface area contributed by atoms with Gasteiger partial charge in [0.15, 0.2) is 0 Å². The van der Waals surface area contributed by atoms with Crippen LogP contribution < -0.4 is 0 Å². The van der Waals surface area contributed by atoms with Crippen molar-refractivity contribution in [2.45, 2.75) is 58.1 Å². The van der Waals surface area contributed by atoms with Crippen LogP contribution in [0.4, 0.5) is 0 Å². The van der Waals surface area contributed by atoms with Crippen molar-refractivity contribution in [2.75, 3.05) is 19.8 Å². The molecule has 0 bridgehead atoms. The summed E-state index contributed by atoms with van der Waals surface area (Å²) in [5.74, 6) is -0.564. The van der Waals surface area contributed by atoms with Gasteiger partial charge in [0.25, 0.3) is 5.91 Å². The molecule has 0 fully saturated rings. The minimum absolute atomic E-state index is 0.0789. The molecule has 1 aliphatic rings. The molecule has 1 amide bonds. The van der Waals surface area contributed by atoms with E-state index in [2.05, 4.69) is 35.6 Å². The van der Waals surface area contributed by atoms with E-state index in [0.29, 0.717) is 18.8 Å². The number of benzene rings is 1. The van der Waals surface area contributed by atoms with Crippen molar-refractivity contribution in [1.82, 2.24) is 4.90 Å². The zero-order valence-electron chi connectivity index (χ0n) is 17.1. The largest absolute Gasteiger partial charge is 0.459 e. The van der Waals surface area contributed by atoms with Crippen LogP contribution in [0.3, 0.4) is 0 Å². The first-order valence-corrected chi connectivity index (χ1v) is 13.8. The molecule has 1 atom stereocenters. The van der Waals surface area contributed by atoms with Gasteiger partial charge in [-0.1, -0.05) is 41.6 Å². The van der Waals surface area contributed by atoms with Crippen LogP contribution in [0.5, 0.6) is 0 Å². The fraction of sp³-hybridized carbons (Fsp3) is 0.600. The number of halogens is 1. The normalized spacial score (nSPS) is 17.2. The van der Waals surface area contributed by atoms with E-state index in [1.807, 2.05) is 39.0 Å². The van der Waals surface area contributed by atoms with Gasteiger partial charge in [0.2, 0.25) is 0 Å². The molecule has 0 radical (unpaired) electrons. The molecule has 0 saturated heterocycles. The van der Waals surface area contributed by atoms with Crippen molar-refractivity contribution < 1.29 is 19.1 Å². The summed E-state index contributed by atoms with van der Waals surface area (Å²) in [6, 6.07) is 6.45. The minimum Gasteiger partial charge on any atom is -0.459 e. The Balaban J connectivity index is 2.14. The number of hydrogen-bond donors (Lipinski definition) is 0. The lowest BCUT2D eigenvalue weighted by Crippen LogP contribution is -2.38. The van der Waals surface area contributed by atoms with Crippen LogP contribution in [-0.4, -0.2) is 50.2 Å². The Morgan fingerprint density at radius 2 is 1.93 bits per heavy atom. The Morgan fingerprint density at radius 1 is 1.26 bits per heavy atom. The van der Waals surface area contributed by atoms with Crippen LogP contribution in [0.2, 0.25) is 25.7 Å². The second-order valence-electron chi connectivity index (χ2n) is 9.15. The Labute approximate surface area is 171 Å². The first kappa shape index (κ1) is 22.1. The Hall–Kier alpha value is -1.18. The van der Waals surface area contributed by atoms with Gasteiger partial charge in [0, 0.05) is 24.7 Å².